The topological polar surface area (TPSA) is 53.2 Å². The van der Waals surface area contributed by atoms with Crippen LogP contribution in [0.4, 0.5) is 0 Å². The van der Waals surface area contributed by atoms with Crippen LogP contribution in [0.15, 0.2) is 63.0 Å². The monoisotopic (exact) mass is 442 g/mol. The van der Waals surface area contributed by atoms with Crippen molar-refractivity contribution in [3.8, 4) is 0 Å². The summed E-state index contributed by atoms with van der Waals surface area (Å²) in [6.07, 6.45) is 3.80. The van der Waals surface area contributed by atoms with Crippen molar-refractivity contribution in [3.63, 3.8) is 0 Å². The Hall–Kier alpha value is -1.96. The molecule has 2 fully saturated rings. The molecule has 2 aromatic rings. The minimum Gasteiger partial charge on any atom is -0.469 e. The van der Waals surface area contributed by atoms with Gasteiger partial charge in [0.15, 0.2) is 5.96 Å². The van der Waals surface area contributed by atoms with E-state index in [9.17, 15) is 0 Å². The molecule has 0 saturated carbocycles. The highest BCUT2D eigenvalue weighted by molar-refractivity contribution is 7.99. The maximum atomic E-state index is 5.49. The van der Waals surface area contributed by atoms with Crippen LogP contribution in [0.1, 0.15) is 12.2 Å². The molecule has 0 bridgehead atoms. The van der Waals surface area contributed by atoms with Gasteiger partial charge in [0.25, 0.3) is 0 Å². The summed E-state index contributed by atoms with van der Waals surface area (Å²) >= 11 is 1.88. The lowest BCUT2D eigenvalue weighted by Crippen LogP contribution is -2.43. The second-order valence-corrected chi connectivity index (χ2v) is 9.31. The van der Waals surface area contributed by atoms with E-state index in [0.29, 0.717) is 5.92 Å². The Morgan fingerprint density at radius 3 is 2.77 bits per heavy atom. The molecule has 0 spiro atoms. The molecule has 7 heteroatoms. The van der Waals surface area contributed by atoms with Crippen LogP contribution in [0.5, 0.6) is 0 Å². The third-order valence-electron chi connectivity index (χ3n) is 5.80. The maximum absolute atomic E-state index is 5.49. The van der Waals surface area contributed by atoms with Gasteiger partial charge in [0.2, 0.25) is 0 Å². The zero-order valence-electron chi connectivity index (χ0n) is 18.2. The highest BCUT2D eigenvalue weighted by Gasteiger charge is 2.27. The SMILES string of the molecule is c1ccc(SCCNC(=NCCc2ccco2)N2CCC(CN3CCOCC3)C2)cc1. The van der Waals surface area contributed by atoms with Gasteiger partial charge in [0, 0.05) is 62.9 Å². The van der Waals surface area contributed by atoms with Crippen molar-refractivity contribution >= 4 is 17.7 Å². The average molecular weight is 443 g/mol. The fourth-order valence-corrected chi connectivity index (χ4v) is 4.96. The zero-order valence-corrected chi connectivity index (χ0v) is 19.1. The molecule has 6 nitrogen and oxygen atoms in total. The van der Waals surface area contributed by atoms with E-state index in [4.69, 9.17) is 14.1 Å². The van der Waals surface area contributed by atoms with Gasteiger partial charge >= 0.3 is 0 Å². The first kappa shape index (κ1) is 22.2. The van der Waals surface area contributed by atoms with E-state index in [-0.39, 0.29) is 0 Å². The Labute approximate surface area is 190 Å². The van der Waals surface area contributed by atoms with Crippen LogP contribution in [-0.4, -0.2) is 80.5 Å². The number of rotatable bonds is 9. The predicted molar refractivity (Wildman–Crippen MR) is 127 cm³/mol. The number of hydrogen-bond acceptors (Lipinski definition) is 5. The molecule has 1 N–H and O–H groups in total. The van der Waals surface area contributed by atoms with E-state index in [1.165, 1.54) is 17.9 Å². The fraction of sp³-hybridized carbons (Fsp3) is 0.542. The van der Waals surface area contributed by atoms with Crippen molar-refractivity contribution < 1.29 is 9.15 Å². The summed E-state index contributed by atoms with van der Waals surface area (Å²) in [4.78, 5) is 11.2. The quantitative estimate of drug-likeness (QED) is 0.279. The summed E-state index contributed by atoms with van der Waals surface area (Å²) < 4.78 is 11.0. The van der Waals surface area contributed by atoms with Gasteiger partial charge in [-0.25, -0.2) is 0 Å². The highest BCUT2D eigenvalue weighted by atomic mass is 32.2. The normalized spacial score (nSPS) is 20.3. The van der Waals surface area contributed by atoms with E-state index < -0.39 is 0 Å². The Morgan fingerprint density at radius 2 is 1.97 bits per heavy atom. The number of nitrogens with zero attached hydrogens (tertiary/aromatic N) is 3. The summed E-state index contributed by atoms with van der Waals surface area (Å²) in [6.45, 7) is 8.85. The third kappa shape index (κ3) is 7.30. The molecule has 1 unspecified atom stereocenters. The van der Waals surface area contributed by atoms with Gasteiger partial charge in [0.05, 0.1) is 19.5 Å². The van der Waals surface area contributed by atoms with Gasteiger partial charge in [-0.1, -0.05) is 18.2 Å². The lowest BCUT2D eigenvalue weighted by molar-refractivity contribution is 0.0315. The van der Waals surface area contributed by atoms with Crippen LogP contribution in [0.25, 0.3) is 0 Å². The number of furan rings is 1. The molecule has 1 aromatic heterocycles. The second kappa shape index (κ2) is 12.2. The van der Waals surface area contributed by atoms with Gasteiger partial charge in [-0.05, 0) is 36.6 Å². The minimum atomic E-state index is 0.703. The van der Waals surface area contributed by atoms with Crippen molar-refractivity contribution in [3.05, 3.63) is 54.5 Å². The van der Waals surface area contributed by atoms with Crippen molar-refractivity contribution in [1.82, 2.24) is 15.1 Å². The number of aliphatic imine (C=N–C) groups is 1. The smallest absolute Gasteiger partial charge is 0.193 e. The second-order valence-electron chi connectivity index (χ2n) is 8.14. The fourth-order valence-electron chi connectivity index (χ4n) is 4.17. The molecular weight excluding hydrogens is 408 g/mol. The number of morpholine rings is 1. The first-order chi connectivity index (χ1) is 15.4. The molecule has 0 amide bonds. The lowest BCUT2D eigenvalue weighted by Gasteiger charge is -2.29. The van der Waals surface area contributed by atoms with Crippen molar-refractivity contribution in [2.45, 2.75) is 17.7 Å². The number of likely N-dealkylation sites (tertiary alicyclic amines) is 1. The Kier molecular flexibility index (Phi) is 8.73. The lowest BCUT2D eigenvalue weighted by atomic mass is 10.1. The third-order valence-corrected chi connectivity index (χ3v) is 6.82. The van der Waals surface area contributed by atoms with Crippen molar-refractivity contribution in [1.29, 1.82) is 0 Å². The van der Waals surface area contributed by atoms with E-state index in [1.54, 1.807) is 6.26 Å². The largest absolute Gasteiger partial charge is 0.469 e. The van der Waals surface area contributed by atoms with Crippen LogP contribution in [0, 0.1) is 5.92 Å². The molecule has 2 aliphatic rings. The van der Waals surface area contributed by atoms with Crippen LogP contribution >= 0.6 is 11.8 Å². The molecule has 2 aliphatic heterocycles. The molecule has 168 valence electrons. The molecule has 0 aliphatic carbocycles. The summed E-state index contributed by atoms with van der Waals surface area (Å²) in [5.74, 6) is 3.76. The van der Waals surface area contributed by atoms with Crippen LogP contribution in [0.3, 0.4) is 0 Å². The predicted octanol–water partition coefficient (Wildman–Crippen LogP) is 3.21. The first-order valence-electron chi connectivity index (χ1n) is 11.4. The molecule has 1 atom stereocenters. The summed E-state index contributed by atoms with van der Waals surface area (Å²) in [5.41, 5.74) is 0. The molecule has 2 saturated heterocycles. The van der Waals surface area contributed by atoms with E-state index in [0.717, 1.165) is 76.4 Å². The summed E-state index contributed by atoms with van der Waals surface area (Å²) in [7, 11) is 0. The van der Waals surface area contributed by atoms with E-state index in [2.05, 4.69) is 45.4 Å². The van der Waals surface area contributed by atoms with Crippen molar-refractivity contribution in [2.75, 3.05) is 64.8 Å². The maximum Gasteiger partial charge on any atom is 0.193 e. The van der Waals surface area contributed by atoms with Crippen LogP contribution in [0.2, 0.25) is 0 Å². The zero-order chi connectivity index (χ0) is 21.1. The number of ether oxygens (including phenoxy) is 1. The Morgan fingerprint density at radius 1 is 1.10 bits per heavy atom. The Balaban J connectivity index is 1.28. The van der Waals surface area contributed by atoms with Gasteiger partial charge in [-0.2, -0.15) is 0 Å². The number of nitrogens with one attached hydrogen (secondary N) is 1. The van der Waals surface area contributed by atoms with Gasteiger partial charge in [-0.3, -0.25) is 9.89 Å². The Bertz CT molecular complexity index is 778. The molecule has 3 heterocycles. The minimum absolute atomic E-state index is 0.703. The first-order valence-corrected chi connectivity index (χ1v) is 12.4. The highest BCUT2D eigenvalue weighted by Crippen LogP contribution is 2.19. The average Bonchev–Trinajstić information content (AvgIpc) is 3.49. The molecule has 0 radical (unpaired) electrons. The van der Waals surface area contributed by atoms with Crippen LogP contribution < -0.4 is 5.32 Å². The standard InChI is InChI=1S/C24H34N4O2S/c1-2-6-23(7-3-1)31-18-11-26-24(25-10-8-22-5-4-15-30-22)28-12-9-21(20-28)19-27-13-16-29-17-14-27/h1-7,15,21H,8-14,16-20H2,(H,25,26). The molecule has 4 rings (SSSR count). The van der Waals surface area contributed by atoms with Gasteiger partial charge < -0.3 is 19.4 Å². The molecule has 31 heavy (non-hydrogen) atoms. The van der Waals surface area contributed by atoms with E-state index >= 15 is 0 Å². The summed E-state index contributed by atoms with van der Waals surface area (Å²) in [5, 5.41) is 3.63. The molecular formula is C24H34N4O2S. The molecule has 1 aromatic carbocycles. The van der Waals surface area contributed by atoms with E-state index in [1.807, 2.05) is 23.9 Å². The number of hydrogen-bond donors (Lipinski definition) is 1. The van der Waals surface area contributed by atoms with Crippen molar-refractivity contribution in [2.24, 2.45) is 10.9 Å². The van der Waals surface area contributed by atoms with Gasteiger partial charge in [0.1, 0.15) is 5.76 Å². The van der Waals surface area contributed by atoms with Crippen LogP contribution in [-0.2, 0) is 11.2 Å². The van der Waals surface area contributed by atoms with Gasteiger partial charge in [-0.15, -0.1) is 11.8 Å². The number of benzene rings is 1. The number of guanidine groups is 1. The number of thioether (sulfide) groups is 1. The summed E-state index contributed by atoms with van der Waals surface area (Å²) in [6, 6.07) is 14.5.